The maximum Gasteiger partial charge on any atom is 0.262 e. The molecule has 0 saturated carbocycles. The minimum Gasteiger partial charge on any atom is -0.482 e. The van der Waals surface area contributed by atoms with Crippen molar-refractivity contribution in [3.05, 3.63) is 53.1 Å². The van der Waals surface area contributed by atoms with Crippen LogP contribution in [0.2, 0.25) is 0 Å². The molecule has 0 saturated heterocycles. The van der Waals surface area contributed by atoms with Gasteiger partial charge < -0.3 is 10.1 Å². The van der Waals surface area contributed by atoms with E-state index in [0.29, 0.717) is 22.6 Å². The van der Waals surface area contributed by atoms with Crippen molar-refractivity contribution in [2.75, 3.05) is 11.9 Å². The number of carbonyl (C=O) groups excluding carboxylic acids is 1. The molecule has 3 N–H and O–H groups in total. The minimum absolute atomic E-state index is 0.0818. The molecule has 0 aliphatic rings. The fourth-order valence-corrected chi connectivity index (χ4v) is 2.76. The highest BCUT2D eigenvalue weighted by Gasteiger charge is 2.14. The first-order valence-electron chi connectivity index (χ1n) is 7.28. The van der Waals surface area contributed by atoms with Crippen LogP contribution < -0.4 is 15.2 Å². The summed E-state index contributed by atoms with van der Waals surface area (Å²) >= 11 is 0. The van der Waals surface area contributed by atoms with Crippen molar-refractivity contribution >= 4 is 21.6 Å². The van der Waals surface area contributed by atoms with E-state index in [0.717, 1.165) is 5.56 Å². The van der Waals surface area contributed by atoms with Crippen molar-refractivity contribution in [3.8, 4) is 11.8 Å². The van der Waals surface area contributed by atoms with Crippen molar-refractivity contribution in [2.45, 2.75) is 18.7 Å². The van der Waals surface area contributed by atoms with E-state index in [9.17, 15) is 13.2 Å². The van der Waals surface area contributed by atoms with Crippen molar-refractivity contribution < 1.29 is 17.9 Å². The van der Waals surface area contributed by atoms with Gasteiger partial charge in [-0.2, -0.15) is 5.26 Å². The molecule has 2 aromatic rings. The van der Waals surface area contributed by atoms with Gasteiger partial charge in [-0.05, 0) is 49.2 Å². The van der Waals surface area contributed by atoms with Crippen LogP contribution in [0.15, 0.2) is 41.3 Å². The zero-order valence-electron chi connectivity index (χ0n) is 13.7. The fraction of sp³-hybridized carbons (Fsp3) is 0.176. The molecular formula is C17H17N3O4S. The molecule has 25 heavy (non-hydrogen) atoms. The van der Waals surface area contributed by atoms with Gasteiger partial charge in [0.15, 0.2) is 6.61 Å². The summed E-state index contributed by atoms with van der Waals surface area (Å²) < 4.78 is 28.4. The first kappa shape index (κ1) is 18.4. The predicted molar refractivity (Wildman–Crippen MR) is 92.6 cm³/mol. The van der Waals surface area contributed by atoms with Gasteiger partial charge in [0.1, 0.15) is 11.8 Å². The molecule has 8 heteroatoms. The van der Waals surface area contributed by atoms with Gasteiger partial charge in [-0.15, -0.1) is 0 Å². The molecule has 7 nitrogen and oxygen atoms in total. The van der Waals surface area contributed by atoms with Crippen LogP contribution in [-0.4, -0.2) is 20.9 Å². The molecule has 0 heterocycles. The van der Waals surface area contributed by atoms with Crippen LogP contribution in [0.25, 0.3) is 0 Å². The Morgan fingerprint density at radius 1 is 1.28 bits per heavy atom. The number of hydrogen-bond acceptors (Lipinski definition) is 5. The summed E-state index contributed by atoms with van der Waals surface area (Å²) in [5.41, 5.74) is 2.06. The lowest BCUT2D eigenvalue weighted by Gasteiger charge is -2.13. The van der Waals surface area contributed by atoms with E-state index in [2.05, 4.69) is 5.32 Å². The molecule has 0 spiro atoms. The Morgan fingerprint density at radius 3 is 2.60 bits per heavy atom. The van der Waals surface area contributed by atoms with Crippen LogP contribution in [0.5, 0.6) is 5.75 Å². The first-order chi connectivity index (χ1) is 11.7. The van der Waals surface area contributed by atoms with Crippen molar-refractivity contribution in [2.24, 2.45) is 5.14 Å². The third-order valence-corrected chi connectivity index (χ3v) is 4.50. The van der Waals surface area contributed by atoms with E-state index < -0.39 is 15.9 Å². The fourth-order valence-electron chi connectivity index (χ4n) is 2.13. The largest absolute Gasteiger partial charge is 0.482 e. The molecule has 0 atom stereocenters. The molecule has 2 rings (SSSR count). The number of aryl methyl sites for hydroxylation is 1. The number of nitrogens with two attached hydrogens (primary N) is 1. The van der Waals surface area contributed by atoms with Gasteiger partial charge in [0.05, 0.1) is 10.5 Å². The highest BCUT2D eigenvalue weighted by Crippen LogP contribution is 2.23. The Morgan fingerprint density at radius 2 is 1.96 bits per heavy atom. The second kappa shape index (κ2) is 7.34. The summed E-state index contributed by atoms with van der Waals surface area (Å²) in [4.78, 5) is 12.0. The summed E-state index contributed by atoms with van der Waals surface area (Å²) in [7, 11) is -3.88. The molecular weight excluding hydrogens is 342 g/mol. The first-order valence-corrected chi connectivity index (χ1v) is 8.83. The maximum absolute atomic E-state index is 12.1. The lowest BCUT2D eigenvalue weighted by atomic mass is 10.1. The summed E-state index contributed by atoms with van der Waals surface area (Å²) in [6.07, 6.45) is 0. The zero-order valence-corrected chi connectivity index (χ0v) is 14.6. The second-order valence-corrected chi connectivity index (χ2v) is 6.96. The molecule has 130 valence electrons. The van der Waals surface area contributed by atoms with Gasteiger partial charge in [-0.3, -0.25) is 4.79 Å². The van der Waals surface area contributed by atoms with Crippen molar-refractivity contribution in [3.63, 3.8) is 0 Å². The van der Waals surface area contributed by atoms with E-state index in [1.807, 2.05) is 6.07 Å². The summed E-state index contributed by atoms with van der Waals surface area (Å²) in [6.45, 7) is 3.15. The van der Waals surface area contributed by atoms with E-state index in [4.69, 9.17) is 15.1 Å². The lowest BCUT2D eigenvalue weighted by Crippen LogP contribution is -2.22. The summed E-state index contributed by atoms with van der Waals surface area (Å²) in [5, 5.41) is 16.7. The quantitative estimate of drug-likeness (QED) is 0.843. The molecule has 2 aromatic carbocycles. The number of carbonyl (C=O) groups is 1. The smallest absolute Gasteiger partial charge is 0.262 e. The average Bonchev–Trinajstić information content (AvgIpc) is 2.56. The van der Waals surface area contributed by atoms with Gasteiger partial charge in [-0.1, -0.05) is 12.1 Å². The number of nitriles is 1. The standard InChI is InChI=1S/C17H17N3O4S/c1-11-7-14(25(19,22)23)8-15(12(11)2)20-17(21)10-24-16-6-4-3-5-13(16)9-18/h3-8H,10H2,1-2H3,(H,20,21)(H2,19,22,23). The summed E-state index contributed by atoms with van der Waals surface area (Å²) in [6, 6.07) is 11.3. The summed E-state index contributed by atoms with van der Waals surface area (Å²) in [5.74, 6) is -0.187. The number of primary sulfonamides is 1. The molecule has 0 aromatic heterocycles. The molecule has 0 bridgehead atoms. The van der Waals surface area contributed by atoms with E-state index in [1.165, 1.54) is 12.1 Å². The van der Waals surface area contributed by atoms with E-state index >= 15 is 0 Å². The SMILES string of the molecule is Cc1cc(S(N)(=O)=O)cc(NC(=O)COc2ccccc2C#N)c1C. The Kier molecular flexibility index (Phi) is 5.41. The molecule has 1 amide bonds. The number of ether oxygens (including phenoxy) is 1. The second-order valence-electron chi connectivity index (χ2n) is 5.40. The van der Waals surface area contributed by atoms with Crippen LogP contribution >= 0.6 is 0 Å². The number of hydrogen-bond donors (Lipinski definition) is 2. The highest BCUT2D eigenvalue weighted by molar-refractivity contribution is 7.89. The number of sulfonamides is 1. The van der Waals surface area contributed by atoms with Gasteiger partial charge in [0.25, 0.3) is 5.91 Å². The van der Waals surface area contributed by atoms with Crippen molar-refractivity contribution in [1.29, 1.82) is 5.26 Å². The van der Waals surface area contributed by atoms with Crippen LogP contribution in [0.1, 0.15) is 16.7 Å². The Balaban J connectivity index is 2.16. The van der Waals surface area contributed by atoms with Gasteiger partial charge in [0, 0.05) is 5.69 Å². The number of para-hydroxylation sites is 1. The molecule has 0 unspecified atom stereocenters. The molecule has 0 aliphatic heterocycles. The number of amides is 1. The van der Waals surface area contributed by atoms with Crippen LogP contribution in [-0.2, 0) is 14.8 Å². The third-order valence-electron chi connectivity index (χ3n) is 3.61. The normalized spacial score (nSPS) is 10.8. The molecule has 0 fully saturated rings. The van der Waals surface area contributed by atoms with Gasteiger partial charge in [0.2, 0.25) is 10.0 Å². The van der Waals surface area contributed by atoms with Crippen LogP contribution in [0.4, 0.5) is 5.69 Å². The predicted octanol–water partition coefficient (Wildman–Crippen LogP) is 1.84. The van der Waals surface area contributed by atoms with Crippen molar-refractivity contribution in [1.82, 2.24) is 0 Å². The highest BCUT2D eigenvalue weighted by atomic mass is 32.2. The molecule has 0 aliphatic carbocycles. The monoisotopic (exact) mass is 359 g/mol. The van der Waals surface area contributed by atoms with E-state index in [1.54, 1.807) is 38.1 Å². The number of nitrogens with one attached hydrogen (secondary N) is 1. The Labute approximate surface area is 146 Å². The minimum atomic E-state index is -3.88. The van der Waals surface area contributed by atoms with Gasteiger partial charge in [-0.25, -0.2) is 13.6 Å². The number of nitrogens with zero attached hydrogens (tertiary/aromatic N) is 1. The van der Waals surface area contributed by atoms with Crippen LogP contribution in [0.3, 0.4) is 0 Å². The topological polar surface area (TPSA) is 122 Å². The van der Waals surface area contributed by atoms with Gasteiger partial charge >= 0.3 is 0 Å². The molecule has 0 radical (unpaired) electrons. The average molecular weight is 359 g/mol. The maximum atomic E-state index is 12.1. The van der Waals surface area contributed by atoms with Crippen LogP contribution in [0, 0.1) is 25.2 Å². The number of rotatable bonds is 5. The Hall–Kier alpha value is -2.89. The number of anilines is 1. The Bertz CT molecular complexity index is 962. The lowest BCUT2D eigenvalue weighted by molar-refractivity contribution is -0.118. The van der Waals surface area contributed by atoms with E-state index in [-0.39, 0.29) is 11.5 Å². The zero-order chi connectivity index (χ0) is 18.6. The number of benzene rings is 2. The third kappa shape index (κ3) is 4.56.